The molecule has 0 saturated heterocycles. The smallest absolute Gasteiger partial charge is 0.387 e. The van der Waals surface area contributed by atoms with E-state index in [1.165, 1.54) is 12.1 Å². The molecular formula is C28H25F2N3O4. The zero-order valence-electron chi connectivity index (χ0n) is 20.4. The Balaban J connectivity index is 1.40. The van der Waals surface area contributed by atoms with E-state index in [9.17, 15) is 13.6 Å². The number of hydrogen-bond acceptors (Lipinski definition) is 6. The second-order valence-electron chi connectivity index (χ2n) is 7.99. The normalized spacial score (nSPS) is 11.6. The molecule has 4 rings (SSSR count). The van der Waals surface area contributed by atoms with E-state index in [0.29, 0.717) is 36.0 Å². The summed E-state index contributed by atoms with van der Waals surface area (Å²) in [4.78, 5) is 16.4. The Morgan fingerprint density at radius 3 is 2.43 bits per heavy atom. The molecule has 0 aliphatic heterocycles. The van der Waals surface area contributed by atoms with Gasteiger partial charge in [-0.2, -0.15) is 8.78 Å². The van der Waals surface area contributed by atoms with Gasteiger partial charge in [-0.05, 0) is 61.9 Å². The van der Waals surface area contributed by atoms with Crippen molar-refractivity contribution < 1.29 is 27.8 Å². The van der Waals surface area contributed by atoms with Crippen LogP contribution in [0.1, 0.15) is 37.3 Å². The van der Waals surface area contributed by atoms with Crippen LogP contribution < -0.4 is 9.47 Å². The van der Waals surface area contributed by atoms with Crippen LogP contribution in [0.2, 0.25) is 0 Å². The van der Waals surface area contributed by atoms with Crippen molar-refractivity contribution in [3.8, 4) is 34.7 Å². The summed E-state index contributed by atoms with van der Waals surface area (Å²) in [5.41, 5.74) is 3.11. The van der Waals surface area contributed by atoms with Crippen LogP contribution in [-0.4, -0.2) is 33.8 Å². The minimum absolute atomic E-state index is 0.0720. The highest BCUT2D eigenvalue weighted by atomic mass is 19.3. The Labute approximate surface area is 213 Å². The molecule has 0 aliphatic carbocycles. The number of nitrogens with zero attached hydrogens (tertiary/aromatic N) is 3. The molecule has 190 valence electrons. The highest BCUT2D eigenvalue weighted by Gasteiger charge is 2.15. The predicted octanol–water partition coefficient (Wildman–Crippen LogP) is 5.64. The molecule has 2 aromatic heterocycles. The topological polar surface area (TPSA) is 75.0 Å². The molecule has 0 saturated carbocycles. The first-order valence-electron chi connectivity index (χ1n) is 11.7. The van der Waals surface area contributed by atoms with Gasteiger partial charge in [0.1, 0.15) is 18.1 Å². The van der Waals surface area contributed by atoms with Gasteiger partial charge in [-0.3, -0.25) is 4.79 Å². The Hall–Kier alpha value is -4.45. The van der Waals surface area contributed by atoms with Gasteiger partial charge in [-0.1, -0.05) is 24.1 Å². The molecule has 2 aromatic carbocycles. The van der Waals surface area contributed by atoms with Gasteiger partial charge < -0.3 is 14.2 Å². The minimum Gasteiger partial charge on any atom is -0.489 e. The van der Waals surface area contributed by atoms with Gasteiger partial charge in [0.2, 0.25) is 0 Å². The number of hydrogen-bond donors (Lipinski definition) is 0. The van der Waals surface area contributed by atoms with E-state index in [1.807, 2.05) is 42.6 Å². The molecule has 9 heteroatoms. The van der Waals surface area contributed by atoms with Gasteiger partial charge in [0, 0.05) is 17.3 Å². The summed E-state index contributed by atoms with van der Waals surface area (Å²) in [5, 5.41) is 4.48. The van der Waals surface area contributed by atoms with Crippen LogP contribution >= 0.6 is 0 Å². The zero-order valence-corrected chi connectivity index (χ0v) is 20.4. The summed E-state index contributed by atoms with van der Waals surface area (Å²) < 4.78 is 41.7. The molecule has 2 heterocycles. The maximum Gasteiger partial charge on any atom is 0.387 e. The quantitative estimate of drug-likeness (QED) is 0.205. The van der Waals surface area contributed by atoms with Gasteiger partial charge in [0.05, 0.1) is 18.9 Å². The Kier molecular flexibility index (Phi) is 8.31. The molecule has 0 amide bonds. The number of carbonyl (C=O) groups excluding carboxylic acids is 1. The van der Waals surface area contributed by atoms with Crippen LogP contribution in [0.3, 0.4) is 0 Å². The first-order chi connectivity index (χ1) is 17.9. The Morgan fingerprint density at radius 2 is 1.76 bits per heavy atom. The van der Waals surface area contributed by atoms with Gasteiger partial charge in [-0.25, -0.2) is 9.50 Å². The fraction of sp³-hybridized carbons (Fsp3) is 0.250. The van der Waals surface area contributed by atoms with E-state index in [1.54, 1.807) is 30.5 Å². The highest BCUT2D eigenvalue weighted by molar-refractivity contribution is 5.71. The van der Waals surface area contributed by atoms with E-state index >= 15 is 0 Å². The number of fused-ring (bicyclic) bond motifs is 1. The molecule has 0 spiro atoms. The van der Waals surface area contributed by atoms with Gasteiger partial charge in [-0.15, -0.1) is 11.0 Å². The number of halogens is 2. The standard InChI is InChI=1S/C28H25F2N3O4/c1-3-5-22(16-26(34)35-4-2)20-7-11-23(12-8-20)36-18-19-6-15-25-31-27(32-33(25)17-19)21-9-13-24(14-10-21)37-28(29)30/h6-15,17,22,28H,4,16,18H2,1-2H3. The second kappa shape index (κ2) is 12.0. The number of alkyl halides is 2. The number of esters is 1. The van der Waals surface area contributed by atoms with Crippen LogP contribution in [0.15, 0.2) is 66.9 Å². The molecule has 4 aromatic rings. The molecule has 1 unspecified atom stereocenters. The first kappa shape index (κ1) is 25.6. The van der Waals surface area contributed by atoms with Crippen LogP contribution in [-0.2, 0) is 16.1 Å². The van der Waals surface area contributed by atoms with E-state index in [2.05, 4.69) is 26.7 Å². The molecule has 0 aliphatic rings. The lowest BCUT2D eigenvalue weighted by atomic mass is 9.96. The van der Waals surface area contributed by atoms with E-state index in [-0.39, 0.29) is 24.1 Å². The molecular weight excluding hydrogens is 480 g/mol. The van der Waals surface area contributed by atoms with Crippen molar-refractivity contribution in [3.05, 3.63) is 78.0 Å². The largest absolute Gasteiger partial charge is 0.489 e. The van der Waals surface area contributed by atoms with E-state index in [0.717, 1.165) is 11.1 Å². The third-order valence-corrected chi connectivity index (χ3v) is 5.41. The summed E-state index contributed by atoms with van der Waals surface area (Å²) in [6, 6.07) is 17.4. The monoisotopic (exact) mass is 505 g/mol. The zero-order chi connectivity index (χ0) is 26.2. The third-order valence-electron chi connectivity index (χ3n) is 5.41. The molecule has 0 N–H and O–H groups in total. The van der Waals surface area contributed by atoms with Crippen molar-refractivity contribution in [2.45, 2.75) is 39.4 Å². The fourth-order valence-corrected chi connectivity index (χ4v) is 3.69. The number of aromatic nitrogens is 3. The fourth-order valence-electron chi connectivity index (χ4n) is 3.69. The Bertz CT molecular complexity index is 1410. The molecule has 0 fully saturated rings. The van der Waals surface area contributed by atoms with Crippen molar-refractivity contribution in [1.82, 2.24) is 14.6 Å². The van der Waals surface area contributed by atoms with Crippen molar-refractivity contribution in [2.75, 3.05) is 6.61 Å². The maximum atomic E-state index is 12.4. The third kappa shape index (κ3) is 6.82. The Morgan fingerprint density at radius 1 is 1.03 bits per heavy atom. The predicted molar refractivity (Wildman–Crippen MR) is 133 cm³/mol. The minimum atomic E-state index is -2.87. The lowest BCUT2D eigenvalue weighted by Crippen LogP contribution is -2.09. The van der Waals surface area contributed by atoms with Gasteiger partial charge >= 0.3 is 12.6 Å². The van der Waals surface area contributed by atoms with Crippen molar-refractivity contribution in [3.63, 3.8) is 0 Å². The summed E-state index contributed by atoms with van der Waals surface area (Å²) in [5.74, 6) is 6.63. The number of ether oxygens (including phenoxy) is 3. The van der Waals surface area contributed by atoms with Crippen LogP contribution in [0.5, 0.6) is 11.5 Å². The SMILES string of the molecule is CC#CC(CC(=O)OCC)c1ccc(OCc2ccc3nc(-c4ccc(OC(F)F)cc4)nn3c2)cc1. The summed E-state index contributed by atoms with van der Waals surface area (Å²) in [6.45, 7) is 1.30. The first-order valence-corrected chi connectivity index (χ1v) is 11.7. The van der Waals surface area contributed by atoms with Crippen molar-refractivity contribution in [2.24, 2.45) is 0 Å². The highest BCUT2D eigenvalue weighted by Crippen LogP contribution is 2.24. The average molecular weight is 506 g/mol. The van der Waals surface area contributed by atoms with E-state index in [4.69, 9.17) is 9.47 Å². The lowest BCUT2D eigenvalue weighted by molar-refractivity contribution is -0.143. The average Bonchev–Trinajstić information content (AvgIpc) is 3.31. The van der Waals surface area contributed by atoms with Crippen LogP contribution in [0.25, 0.3) is 17.0 Å². The summed E-state index contributed by atoms with van der Waals surface area (Å²) in [6.07, 6.45) is 2.02. The van der Waals surface area contributed by atoms with Gasteiger partial charge in [0.15, 0.2) is 11.5 Å². The maximum absolute atomic E-state index is 12.4. The number of pyridine rings is 1. The molecule has 0 bridgehead atoms. The number of benzene rings is 2. The second-order valence-corrected chi connectivity index (χ2v) is 7.99. The lowest BCUT2D eigenvalue weighted by Gasteiger charge is -2.12. The summed E-state index contributed by atoms with van der Waals surface area (Å²) in [7, 11) is 0. The molecule has 37 heavy (non-hydrogen) atoms. The molecule has 1 atom stereocenters. The van der Waals surface area contributed by atoms with Crippen LogP contribution in [0.4, 0.5) is 8.78 Å². The number of rotatable bonds is 10. The number of carbonyl (C=O) groups is 1. The van der Waals surface area contributed by atoms with Gasteiger partial charge in [0.25, 0.3) is 0 Å². The van der Waals surface area contributed by atoms with E-state index < -0.39 is 6.61 Å². The van der Waals surface area contributed by atoms with Crippen molar-refractivity contribution >= 4 is 11.6 Å². The summed E-state index contributed by atoms with van der Waals surface area (Å²) >= 11 is 0. The molecule has 7 nitrogen and oxygen atoms in total. The van der Waals surface area contributed by atoms with Crippen molar-refractivity contribution in [1.29, 1.82) is 0 Å². The van der Waals surface area contributed by atoms with Crippen LogP contribution in [0, 0.1) is 11.8 Å². The molecule has 0 radical (unpaired) electrons.